The molecule has 3 rings (SSSR count). The van der Waals surface area contributed by atoms with Gasteiger partial charge in [0, 0.05) is 6.20 Å². The standard InChI is InChI=1S/C14H11BrFN5O/c15-12-6-17-20-13(12)14(22)19-11-5-18-21(8-11)7-9-2-1-3-10(16)4-9/h1-6,8H,7H2,(H,17,20)(H,19,22). The molecule has 2 N–H and O–H groups in total. The number of carbonyl (C=O) groups is 1. The van der Waals surface area contributed by atoms with E-state index in [1.807, 2.05) is 6.07 Å². The zero-order chi connectivity index (χ0) is 15.5. The van der Waals surface area contributed by atoms with Gasteiger partial charge in [-0.2, -0.15) is 10.2 Å². The van der Waals surface area contributed by atoms with Crippen molar-refractivity contribution in [1.82, 2.24) is 20.0 Å². The minimum absolute atomic E-state index is 0.290. The van der Waals surface area contributed by atoms with Crippen molar-refractivity contribution in [3.05, 3.63) is 64.4 Å². The third-order valence-electron chi connectivity index (χ3n) is 2.94. The molecule has 0 unspecified atom stereocenters. The van der Waals surface area contributed by atoms with Gasteiger partial charge in [-0.15, -0.1) is 0 Å². The Kier molecular flexibility index (Phi) is 4.01. The number of anilines is 1. The Hall–Kier alpha value is -2.48. The number of hydrogen-bond donors (Lipinski definition) is 2. The highest BCUT2D eigenvalue weighted by Crippen LogP contribution is 2.15. The summed E-state index contributed by atoms with van der Waals surface area (Å²) in [6, 6.07) is 6.29. The first kappa shape index (κ1) is 14.5. The molecule has 8 heteroatoms. The Morgan fingerprint density at radius 2 is 2.27 bits per heavy atom. The molecule has 0 spiro atoms. The van der Waals surface area contributed by atoms with Crippen LogP contribution < -0.4 is 5.32 Å². The number of hydrogen-bond acceptors (Lipinski definition) is 3. The van der Waals surface area contributed by atoms with Crippen molar-refractivity contribution in [2.45, 2.75) is 6.54 Å². The van der Waals surface area contributed by atoms with Crippen molar-refractivity contribution in [2.75, 3.05) is 5.32 Å². The molecule has 2 aromatic heterocycles. The van der Waals surface area contributed by atoms with Crippen LogP contribution in [0.3, 0.4) is 0 Å². The van der Waals surface area contributed by atoms with Gasteiger partial charge >= 0.3 is 0 Å². The van der Waals surface area contributed by atoms with Crippen molar-refractivity contribution in [2.24, 2.45) is 0 Å². The lowest BCUT2D eigenvalue weighted by Crippen LogP contribution is -2.12. The monoisotopic (exact) mass is 363 g/mol. The normalized spacial score (nSPS) is 10.6. The molecule has 6 nitrogen and oxygen atoms in total. The first-order valence-corrected chi connectivity index (χ1v) is 7.18. The van der Waals surface area contributed by atoms with Crippen LogP contribution in [-0.4, -0.2) is 25.9 Å². The smallest absolute Gasteiger partial charge is 0.274 e. The molecule has 1 aromatic carbocycles. The van der Waals surface area contributed by atoms with E-state index < -0.39 is 0 Å². The van der Waals surface area contributed by atoms with Crippen LogP contribution in [0.5, 0.6) is 0 Å². The molecule has 0 aliphatic carbocycles. The molecule has 0 aliphatic rings. The first-order chi connectivity index (χ1) is 10.6. The number of nitrogens with one attached hydrogen (secondary N) is 2. The number of amides is 1. The molecular formula is C14H11BrFN5O. The van der Waals surface area contributed by atoms with Gasteiger partial charge in [-0.3, -0.25) is 14.6 Å². The lowest BCUT2D eigenvalue weighted by atomic mass is 10.2. The van der Waals surface area contributed by atoms with E-state index in [4.69, 9.17) is 0 Å². The molecule has 112 valence electrons. The van der Waals surface area contributed by atoms with Crippen molar-refractivity contribution >= 4 is 27.5 Å². The zero-order valence-electron chi connectivity index (χ0n) is 11.3. The molecule has 1 amide bonds. The van der Waals surface area contributed by atoms with Crippen LogP contribution in [0.15, 0.2) is 47.3 Å². The summed E-state index contributed by atoms with van der Waals surface area (Å²) >= 11 is 3.23. The molecule has 2 heterocycles. The summed E-state index contributed by atoms with van der Waals surface area (Å²) in [5.41, 5.74) is 1.66. The van der Waals surface area contributed by atoms with Gasteiger partial charge in [-0.1, -0.05) is 12.1 Å². The third kappa shape index (κ3) is 3.22. The molecule has 0 saturated carbocycles. The molecule has 0 fully saturated rings. The summed E-state index contributed by atoms with van der Waals surface area (Å²) in [4.78, 5) is 12.0. The van der Waals surface area contributed by atoms with Crippen molar-refractivity contribution < 1.29 is 9.18 Å². The van der Waals surface area contributed by atoms with Gasteiger partial charge in [0.1, 0.15) is 11.5 Å². The van der Waals surface area contributed by atoms with E-state index in [2.05, 4.69) is 36.5 Å². The highest BCUT2D eigenvalue weighted by atomic mass is 79.9. The maximum atomic E-state index is 13.1. The average molecular weight is 364 g/mol. The Bertz CT molecular complexity index is 813. The molecule has 0 radical (unpaired) electrons. The van der Waals surface area contributed by atoms with Crippen molar-refractivity contribution in [3.63, 3.8) is 0 Å². The Morgan fingerprint density at radius 3 is 3.00 bits per heavy atom. The topological polar surface area (TPSA) is 75.6 Å². The summed E-state index contributed by atoms with van der Waals surface area (Å²) < 4.78 is 15.3. The Balaban J connectivity index is 1.69. The van der Waals surface area contributed by atoms with Crippen molar-refractivity contribution in [3.8, 4) is 0 Å². The lowest BCUT2D eigenvalue weighted by Gasteiger charge is -2.02. The summed E-state index contributed by atoms with van der Waals surface area (Å²) in [5.74, 6) is -0.614. The molecule has 0 aliphatic heterocycles. The number of aromatic amines is 1. The Morgan fingerprint density at radius 1 is 1.41 bits per heavy atom. The number of H-pyrrole nitrogens is 1. The van der Waals surface area contributed by atoms with E-state index in [-0.39, 0.29) is 11.7 Å². The van der Waals surface area contributed by atoms with Gasteiger partial charge in [0.2, 0.25) is 0 Å². The molecule has 3 aromatic rings. The van der Waals surface area contributed by atoms with Gasteiger partial charge in [0.25, 0.3) is 5.91 Å². The molecular weight excluding hydrogens is 353 g/mol. The van der Waals surface area contributed by atoms with Crippen molar-refractivity contribution in [1.29, 1.82) is 0 Å². The zero-order valence-corrected chi connectivity index (χ0v) is 12.8. The van der Waals surface area contributed by atoms with Gasteiger partial charge in [-0.25, -0.2) is 4.39 Å². The largest absolute Gasteiger partial charge is 0.318 e. The minimum atomic E-state index is -0.324. The third-order valence-corrected chi connectivity index (χ3v) is 3.55. The van der Waals surface area contributed by atoms with Crippen LogP contribution in [0, 0.1) is 5.82 Å². The number of aromatic nitrogens is 4. The van der Waals surface area contributed by atoms with E-state index in [0.717, 1.165) is 5.56 Å². The van der Waals surface area contributed by atoms with Crippen LogP contribution in [0.25, 0.3) is 0 Å². The molecule has 0 atom stereocenters. The summed E-state index contributed by atoms with van der Waals surface area (Å²) in [5, 5.41) is 13.2. The van der Waals surface area contributed by atoms with E-state index in [1.165, 1.54) is 24.5 Å². The number of benzene rings is 1. The maximum absolute atomic E-state index is 13.1. The first-order valence-electron chi connectivity index (χ1n) is 6.39. The van der Waals surface area contributed by atoms with Crippen LogP contribution in [0.2, 0.25) is 0 Å². The number of nitrogens with zero attached hydrogens (tertiary/aromatic N) is 3. The van der Waals surface area contributed by atoms with E-state index in [0.29, 0.717) is 22.4 Å². The van der Waals surface area contributed by atoms with Gasteiger partial charge < -0.3 is 5.32 Å². The minimum Gasteiger partial charge on any atom is -0.318 e. The summed E-state index contributed by atoms with van der Waals surface area (Å²) in [6.07, 6.45) is 4.71. The van der Waals surface area contributed by atoms with Gasteiger partial charge in [0.15, 0.2) is 0 Å². The molecule has 0 bridgehead atoms. The van der Waals surface area contributed by atoms with E-state index in [1.54, 1.807) is 16.9 Å². The highest BCUT2D eigenvalue weighted by Gasteiger charge is 2.13. The summed E-state index contributed by atoms with van der Waals surface area (Å²) in [7, 11) is 0. The number of carbonyl (C=O) groups excluding carboxylic acids is 1. The predicted octanol–water partition coefficient (Wildman–Crippen LogP) is 2.81. The quantitative estimate of drug-likeness (QED) is 0.748. The SMILES string of the molecule is O=C(Nc1cnn(Cc2cccc(F)c2)c1)c1[nH]ncc1Br. The fraction of sp³-hybridized carbons (Fsp3) is 0.0714. The number of rotatable bonds is 4. The second kappa shape index (κ2) is 6.10. The van der Waals surface area contributed by atoms with Crippen LogP contribution in [0.1, 0.15) is 16.1 Å². The van der Waals surface area contributed by atoms with E-state index in [9.17, 15) is 9.18 Å². The van der Waals surface area contributed by atoms with Crippen LogP contribution in [-0.2, 0) is 6.54 Å². The van der Waals surface area contributed by atoms with Gasteiger partial charge in [-0.05, 0) is 33.6 Å². The Labute approximate surface area is 133 Å². The predicted molar refractivity (Wildman–Crippen MR) is 82.0 cm³/mol. The second-order valence-corrected chi connectivity index (χ2v) is 5.46. The average Bonchev–Trinajstić information content (AvgIpc) is 3.08. The molecule has 22 heavy (non-hydrogen) atoms. The second-order valence-electron chi connectivity index (χ2n) is 4.60. The fourth-order valence-corrected chi connectivity index (χ4v) is 2.33. The highest BCUT2D eigenvalue weighted by molar-refractivity contribution is 9.10. The fourth-order valence-electron chi connectivity index (χ4n) is 1.96. The van der Waals surface area contributed by atoms with Crippen LogP contribution >= 0.6 is 15.9 Å². The van der Waals surface area contributed by atoms with Gasteiger partial charge in [0.05, 0.1) is 29.1 Å². The van der Waals surface area contributed by atoms with Crippen LogP contribution in [0.4, 0.5) is 10.1 Å². The number of halogens is 2. The molecule has 0 saturated heterocycles. The summed E-state index contributed by atoms with van der Waals surface area (Å²) in [6.45, 7) is 0.418. The maximum Gasteiger partial charge on any atom is 0.274 e. The lowest BCUT2D eigenvalue weighted by molar-refractivity contribution is 0.102. The van der Waals surface area contributed by atoms with E-state index >= 15 is 0 Å².